The number of hydrogen-bond acceptors (Lipinski definition) is 5. The molecule has 0 bridgehead atoms. The number of benzene rings is 1. The fraction of sp³-hybridized carbons (Fsp3) is 0.250. The molecule has 0 amide bonds. The Morgan fingerprint density at radius 1 is 1.52 bits per heavy atom. The Kier molecular flexibility index (Phi) is 4.95. The van der Waals surface area contributed by atoms with E-state index in [1.165, 1.54) is 17.4 Å². The van der Waals surface area contributed by atoms with Crippen LogP contribution in [0.4, 0.5) is 4.39 Å². The van der Waals surface area contributed by atoms with Gasteiger partial charge in [-0.2, -0.15) is 0 Å². The van der Waals surface area contributed by atoms with Gasteiger partial charge in [-0.15, -0.1) is 11.3 Å². The van der Waals surface area contributed by atoms with Gasteiger partial charge in [-0.1, -0.05) is 11.6 Å². The van der Waals surface area contributed by atoms with Crippen LogP contribution >= 0.6 is 22.9 Å². The molecular formula is C12H13ClFN3O2S2. The van der Waals surface area contributed by atoms with Gasteiger partial charge in [0.2, 0.25) is 10.0 Å². The second kappa shape index (κ2) is 6.37. The van der Waals surface area contributed by atoms with Gasteiger partial charge in [-0.05, 0) is 24.6 Å². The molecule has 0 aliphatic heterocycles. The van der Waals surface area contributed by atoms with Crippen LogP contribution in [-0.4, -0.2) is 13.4 Å². The summed E-state index contributed by atoms with van der Waals surface area (Å²) in [6.07, 6.45) is 1.58. The number of hydrogen-bond donors (Lipinski definition) is 2. The van der Waals surface area contributed by atoms with Crippen LogP contribution < -0.4 is 10.5 Å². The van der Waals surface area contributed by atoms with E-state index in [1.54, 1.807) is 18.5 Å². The van der Waals surface area contributed by atoms with E-state index < -0.39 is 21.9 Å². The highest BCUT2D eigenvalue weighted by Gasteiger charge is 2.22. The highest BCUT2D eigenvalue weighted by Crippen LogP contribution is 2.25. The smallest absolute Gasteiger partial charge is 0.241 e. The van der Waals surface area contributed by atoms with E-state index in [1.807, 2.05) is 0 Å². The van der Waals surface area contributed by atoms with Gasteiger partial charge in [-0.3, -0.25) is 0 Å². The molecule has 0 spiro atoms. The van der Waals surface area contributed by atoms with Crippen LogP contribution in [0.15, 0.2) is 28.6 Å². The number of halogens is 2. The van der Waals surface area contributed by atoms with Crippen molar-refractivity contribution in [2.24, 2.45) is 5.73 Å². The molecule has 114 valence electrons. The molecule has 0 fully saturated rings. The summed E-state index contributed by atoms with van der Waals surface area (Å²) in [6.45, 7) is 1.60. The normalized spacial score (nSPS) is 13.3. The second-order valence-electron chi connectivity index (χ2n) is 4.30. The Morgan fingerprint density at radius 3 is 2.81 bits per heavy atom. The summed E-state index contributed by atoms with van der Waals surface area (Å²) in [4.78, 5) is 3.82. The van der Waals surface area contributed by atoms with E-state index >= 15 is 0 Å². The molecule has 21 heavy (non-hydrogen) atoms. The molecule has 9 heteroatoms. The minimum Gasteiger partial charge on any atom is -0.326 e. The Labute approximate surface area is 131 Å². The molecule has 1 aromatic carbocycles. The highest BCUT2D eigenvalue weighted by atomic mass is 35.5. The zero-order valence-electron chi connectivity index (χ0n) is 11.0. The van der Waals surface area contributed by atoms with Crippen LogP contribution in [0.1, 0.15) is 23.5 Å². The second-order valence-corrected chi connectivity index (χ2v) is 7.31. The third-order valence-corrected chi connectivity index (χ3v) is 5.66. The third kappa shape index (κ3) is 3.58. The first-order chi connectivity index (χ1) is 9.85. The number of sulfonamides is 1. The molecule has 0 radical (unpaired) electrons. The first kappa shape index (κ1) is 16.3. The molecule has 0 aliphatic carbocycles. The summed E-state index contributed by atoms with van der Waals surface area (Å²) >= 11 is 7.05. The lowest BCUT2D eigenvalue weighted by molar-refractivity contribution is 0.563. The van der Waals surface area contributed by atoms with Gasteiger partial charge in [0.05, 0.1) is 16.0 Å². The van der Waals surface area contributed by atoms with Gasteiger partial charge in [-0.25, -0.2) is 22.5 Å². The lowest BCUT2D eigenvalue weighted by Crippen LogP contribution is -2.27. The molecule has 2 aromatic rings. The maximum Gasteiger partial charge on any atom is 0.241 e. The fourth-order valence-electron chi connectivity index (χ4n) is 1.72. The van der Waals surface area contributed by atoms with Crippen LogP contribution in [0, 0.1) is 5.82 Å². The number of nitrogens with one attached hydrogen (secondary N) is 1. The summed E-state index contributed by atoms with van der Waals surface area (Å²) < 4.78 is 40.7. The number of aromatic nitrogens is 1. The number of thiazole rings is 1. The third-order valence-electron chi connectivity index (χ3n) is 2.76. The van der Waals surface area contributed by atoms with Crippen LogP contribution in [0.5, 0.6) is 0 Å². The van der Waals surface area contributed by atoms with E-state index in [0.29, 0.717) is 5.01 Å². The van der Waals surface area contributed by atoms with Crippen LogP contribution in [0.25, 0.3) is 0 Å². The van der Waals surface area contributed by atoms with E-state index in [9.17, 15) is 12.8 Å². The average Bonchev–Trinajstić information content (AvgIpc) is 2.95. The summed E-state index contributed by atoms with van der Waals surface area (Å²) in [5.41, 5.74) is 5.67. The molecule has 0 aliphatic rings. The number of nitrogens with two attached hydrogens (primary N) is 1. The summed E-state index contributed by atoms with van der Waals surface area (Å²) in [5, 5.41) is 2.20. The van der Waals surface area contributed by atoms with Crippen molar-refractivity contribution in [3.63, 3.8) is 0 Å². The molecule has 1 heterocycles. The summed E-state index contributed by atoms with van der Waals surface area (Å²) in [5.74, 6) is -0.818. The van der Waals surface area contributed by atoms with Gasteiger partial charge in [0.25, 0.3) is 0 Å². The van der Waals surface area contributed by atoms with Crippen molar-refractivity contribution in [1.29, 1.82) is 0 Å². The standard InChI is InChI=1S/C12H13ClFN3O2S2/c1-7(12-16-2-3-20-12)17-21(18,19)9-4-8(6-15)11(13)10(14)5-9/h2-5,7,17H,6,15H2,1H3. The van der Waals surface area contributed by atoms with Gasteiger partial charge in [0.1, 0.15) is 10.8 Å². The molecule has 5 nitrogen and oxygen atoms in total. The highest BCUT2D eigenvalue weighted by molar-refractivity contribution is 7.89. The maximum atomic E-state index is 13.7. The van der Waals surface area contributed by atoms with Gasteiger partial charge >= 0.3 is 0 Å². The van der Waals surface area contributed by atoms with E-state index in [4.69, 9.17) is 17.3 Å². The van der Waals surface area contributed by atoms with Crippen molar-refractivity contribution in [2.45, 2.75) is 24.4 Å². The largest absolute Gasteiger partial charge is 0.326 e. The van der Waals surface area contributed by atoms with E-state index in [0.717, 1.165) is 6.07 Å². The van der Waals surface area contributed by atoms with Crippen molar-refractivity contribution in [3.8, 4) is 0 Å². The van der Waals surface area contributed by atoms with Gasteiger partial charge < -0.3 is 5.73 Å². The van der Waals surface area contributed by atoms with Crippen LogP contribution in [0.2, 0.25) is 5.02 Å². The Balaban J connectivity index is 2.34. The molecule has 1 atom stereocenters. The molecule has 2 rings (SSSR count). The Morgan fingerprint density at radius 2 is 2.24 bits per heavy atom. The first-order valence-corrected chi connectivity index (χ1v) is 8.69. The zero-order chi connectivity index (χ0) is 15.6. The molecule has 0 saturated carbocycles. The predicted octanol–water partition coefficient (Wildman–Crippen LogP) is 2.43. The predicted molar refractivity (Wildman–Crippen MR) is 80.2 cm³/mol. The van der Waals surface area contributed by atoms with Crippen molar-refractivity contribution in [1.82, 2.24) is 9.71 Å². The number of rotatable bonds is 5. The van der Waals surface area contributed by atoms with Crippen LogP contribution in [-0.2, 0) is 16.6 Å². The topological polar surface area (TPSA) is 85.1 Å². The minimum absolute atomic E-state index is 0.0544. The first-order valence-electron chi connectivity index (χ1n) is 5.95. The van der Waals surface area contributed by atoms with Crippen molar-refractivity contribution < 1.29 is 12.8 Å². The van der Waals surface area contributed by atoms with E-state index in [2.05, 4.69) is 9.71 Å². The maximum absolute atomic E-state index is 13.7. The van der Waals surface area contributed by atoms with Crippen LogP contribution in [0.3, 0.4) is 0 Å². The average molecular weight is 350 g/mol. The summed E-state index contributed by atoms with van der Waals surface area (Å²) in [7, 11) is -3.89. The van der Waals surface area contributed by atoms with Gasteiger partial charge in [0, 0.05) is 18.1 Å². The molecule has 0 saturated heterocycles. The number of nitrogens with zero attached hydrogens (tertiary/aromatic N) is 1. The quantitative estimate of drug-likeness (QED) is 0.868. The van der Waals surface area contributed by atoms with Gasteiger partial charge in [0.15, 0.2) is 0 Å². The Bertz CT molecular complexity index is 735. The molecule has 1 aromatic heterocycles. The molecule has 3 N–H and O–H groups in total. The summed E-state index contributed by atoms with van der Waals surface area (Å²) in [6, 6.07) is 1.62. The Hall–Kier alpha value is -1.06. The van der Waals surface area contributed by atoms with Crippen molar-refractivity contribution in [2.75, 3.05) is 0 Å². The van der Waals surface area contributed by atoms with E-state index in [-0.39, 0.29) is 22.0 Å². The molecular weight excluding hydrogens is 337 g/mol. The molecule has 1 unspecified atom stereocenters. The SMILES string of the molecule is CC(NS(=O)(=O)c1cc(F)c(Cl)c(CN)c1)c1nccs1. The minimum atomic E-state index is -3.89. The van der Waals surface area contributed by atoms with Crippen molar-refractivity contribution >= 4 is 33.0 Å². The van der Waals surface area contributed by atoms with Crippen molar-refractivity contribution in [3.05, 3.63) is 45.1 Å². The lowest BCUT2D eigenvalue weighted by atomic mass is 10.2. The lowest BCUT2D eigenvalue weighted by Gasteiger charge is -2.13. The fourth-order valence-corrected chi connectivity index (χ4v) is 3.90. The zero-order valence-corrected chi connectivity index (χ0v) is 13.4. The monoisotopic (exact) mass is 349 g/mol.